The molecule has 90 valence electrons. The fraction of sp³-hybridized carbons (Fsp3) is 0.286. The lowest BCUT2D eigenvalue weighted by Crippen LogP contribution is -2.13. The minimum Gasteiger partial charge on any atom is -0.496 e. The first-order chi connectivity index (χ1) is 8.13. The van der Waals surface area contributed by atoms with E-state index in [4.69, 9.17) is 14.9 Å². The first kappa shape index (κ1) is 11.7. The van der Waals surface area contributed by atoms with Gasteiger partial charge in [-0.25, -0.2) is 0 Å². The topological polar surface area (TPSA) is 48.4 Å². The molecule has 0 aliphatic rings. The molecule has 0 spiro atoms. The predicted molar refractivity (Wildman–Crippen MR) is 67.2 cm³/mol. The second kappa shape index (κ2) is 4.63. The van der Waals surface area contributed by atoms with E-state index in [1.54, 1.807) is 13.4 Å². The third-order valence-electron chi connectivity index (χ3n) is 2.95. The molecule has 1 heterocycles. The van der Waals surface area contributed by atoms with E-state index in [0.29, 0.717) is 0 Å². The largest absolute Gasteiger partial charge is 0.496 e. The van der Waals surface area contributed by atoms with E-state index in [1.165, 1.54) is 0 Å². The molecular weight excluding hydrogens is 214 g/mol. The van der Waals surface area contributed by atoms with Crippen molar-refractivity contribution in [3.05, 3.63) is 53.0 Å². The molecule has 2 rings (SSSR count). The van der Waals surface area contributed by atoms with Gasteiger partial charge in [-0.2, -0.15) is 0 Å². The Labute approximate surface area is 101 Å². The third-order valence-corrected chi connectivity index (χ3v) is 2.95. The number of methoxy groups -OCH3 is 1. The molecule has 2 aromatic rings. The number of nitrogens with two attached hydrogens (primary N) is 1. The summed E-state index contributed by atoms with van der Waals surface area (Å²) in [6.07, 6.45) is 1.66. The van der Waals surface area contributed by atoms with Gasteiger partial charge in [0.1, 0.15) is 11.5 Å². The van der Waals surface area contributed by atoms with Gasteiger partial charge in [0.25, 0.3) is 0 Å². The van der Waals surface area contributed by atoms with Gasteiger partial charge >= 0.3 is 0 Å². The highest BCUT2D eigenvalue weighted by Gasteiger charge is 2.17. The minimum atomic E-state index is -0.219. The molecule has 0 saturated heterocycles. The van der Waals surface area contributed by atoms with Crippen molar-refractivity contribution in [2.24, 2.45) is 5.73 Å². The molecule has 0 fully saturated rings. The van der Waals surface area contributed by atoms with Crippen molar-refractivity contribution >= 4 is 0 Å². The van der Waals surface area contributed by atoms with Gasteiger partial charge in [0.05, 0.1) is 19.4 Å². The average Bonchev–Trinajstić information content (AvgIpc) is 2.74. The number of rotatable bonds is 3. The van der Waals surface area contributed by atoms with E-state index < -0.39 is 0 Å². The molecule has 0 bridgehead atoms. The zero-order valence-corrected chi connectivity index (χ0v) is 10.4. The SMILES string of the molecule is COc1ccc(C)cc1C(N)c1ccoc1C. The fourth-order valence-corrected chi connectivity index (χ4v) is 1.98. The van der Waals surface area contributed by atoms with Gasteiger partial charge in [0.15, 0.2) is 0 Å². The lowest BCUT2D eigenvalue weighted by atomic mass is 9.97. The normalized spacial score (nSPS) is 12.5. The van der Waals surface area contributed by atoms with Crippen LogP contribution < -0.4 is 10.5 Å². The number of ether oxygens (including phenoxy) is 1. The van der Waals surface area contributed by atoms with Crippen LogP contribution in [0.2, 0.25) is 0 Å². The molecule has 3 heteroatoms. The van der Waals surface area contributed by atoms with Gasteiger partial charge in [-0.1, -0.05) is 17.7 Å². The summed E-state index contributed by atoms with van der Waals surface area (Å²) in [5.41, 5.74) is 9.41. The lowest BCUT2D eigenvalue weighted by Gasteiger charge is -2.16. The highest BCUT2D eigenvalue weighted by atomic mass is 16.5. The van der Waals surface area contributed by atoms with Crippen LogP contribution >= 0.6 is 0 Å². The molecule has 0 aliphatic carbocycles. The molecule has 1 atom stereocenters. The van der Waals surface area contributed by atoms with Crippen LogP contribution in [-0.2, 0) is 0 Å². The van der Waals surface area contributed by atoms with Gasteiger partial charge in [-0.3, -0.25) is 0 Å². The highest BCUT2D eigenvalue weighted by molar-refractivity contribution is 5.43. The Morgan fingerprint density at radius 3 is 2.53 bits per heavy atom. The third kappa shape index (κ3) is 2.19. The second-order valence-corrected chi connectivity index (χ2v) is 4.16. The average molecular weight is 231 g/mol. The maximum atomic E-state index is 6.27. The van der Waals surface area contributed by atoms with E-state index in [9.17, 15) is 0 Å². The van der Waals surface area contributed by atoms with Crippen LogP contribution in [0.15, 0.2) is 34.9 Å². The van der Waals surface area contributed by atoms with Crippen molar-refractivity contribution in [2.75, 3.05) is 7.11 Å². The first-order valence-corrected chi connectivity index (χ1v) is 5.57. The molecule has 0 saturated carbocycles. The molecule has 2 N–H and O–H groups in total. The van der Waals surface area contributed by atoms with Crippen LogP contribution in [0.5, 0.6) is 5.75 Å². The molecule has 17 heavy (non-hydrogen) atoms. The summed E-state index contributed by atoms with van der Waals surface area (Å²) in [7, 11) is 1.66. The van der Waals surface area contributed by atoms with Crippen LogP contribution in [0, 0.1) is 13.8 Å². The van der Waals surface area contributed by atoms with Gasteiger partial charge in [0, 0.05) is 11.1 Å². The standard InChI is InChI=1S/C14H17NO2/c1-9-4-5-13(16-3)12(8-9)14(15)11-6-7-17-10(11)2/h4-8,14H,15H2,1-3H3. The minimum absolute atomic E-state index is 0.219. The number of hydrogen-bond acceptors (Lipinski definition) is 3. The molecule has 0 radical (unpaired) electrons. The van der Waals surface area contributed by atoms with E-state index in [0.717, 1.165) is 28.2 Å². The van der Waals surface area contributed by atoms with E-state index in [-0.39, 0.29) is 6.04 Å². The van der Waals surface area contributed by atoms with Gasteiger partial charge in [-0.15, -0.1) is 0 Å². The summed E-state index contributed by atoms with van der Waals surface area (Å²) < 4.78 is 10.6. The molecule has 1 aromatic carbocycles. The van der Waals surface area contributed by atoms with Crippen molar-refractivity contribution < 1.29 is 9.15 Å². The first-order valence-electron chi connectivity index (χ1n) is 5.57. The van der Waals surface area contributed by atoms with Gasteiger partial charge in [-0.05, 0) is 26.0 Å². The zero-order chi connectivity index (χ0) is 12.4. The van der Waals surface area contributed by atoms with E-state index >= 15 is 0 Å². The Bertz CT molecular complexity index is 517. The molecule has 1 aromatic heterocycles. The Kier molecular flexibility index (Phi) is 3.20. The summed E-state index contributed by atoms with van der Waals surface area (Å²) in [4.78, 5) is 0. The smallest absolute Gasteiger partial charge is 0.123 e. The van der Waals surface area contributed by atoms with Gasteiger partial charge < -0.3 is 14.9 Å². The summed E-state index contributed by atoms with van der Waals surface area (Å²) in [5.74, 6) is 1.66. The molecular formula is C14H17NO2. The Hall–Kier alpha value is -1.74. The monoisotopic (exact) mass is 231 g/mol. The fourth-order valence-electron chi connectivity index (χ4n) is 1.98. The quantitative estimate of drug-likeness (QED) is 0.883. The molecule has 3 nitrogen and oxygen atoms in total. The van der Waals surface area contributed by atoms with E-state index in [1.807, 2.05) is 32.0 Å². The van der Waals surface area contributed by atoms with Gasteiger partial charge in [0.2, 0.25) is 0 Å². The number of aryl methyl sites for hydroxylation is 2. The second-order valence-electron chi connectivity index (χ2n) is 4.16. The van der Waals surface area contributed by atoms with Crippen molar-refractivity contribution in [1.29, 1.82) is 0 Å². The zero-order valence-electron chi connectivity index (χ0n) is 10.4. The summed E-state index contributed by atoms with van der Waals surface area (Å²) in [6.45, 7) is 3.95. The maximum absolute atomic E-state index is 6.27. The number of hydrogen-bond donors (Lipinski definition) is 1. The summed E-state index contributed by atoms with van der Waals surface area (Å²) >= 11 is 0. The summed E-state index contributed by atoms with van der Waals surface area (Å²) in [6, 6.07) is 7.69. The maximum Gasteiger partial charge on any atom is 0.123 e. The van der Waals surface area contributed by atoms with Crippen LogP contribution in [0.3, 0.4) is 0 Å². The Balaban J connectivity index is 2.46. The Morgan fingerprint density at radius 1 is 1.18 bits per heavy atom. The predicted octanol–water partition coefficient (Wildman–Crippen LogP) is 2.95. The van der Waals surface area contributed by atoms with E-state index in [2.05, 4.69) is 6.07 Å². The molecule has 1 unspecified atom stereocenters. The number of furan rings is 1. The summed E-state index contributed by atoms with van der Waals surface area (Å²) in [5, 5.41) is 0. The van der Waals surface area contributed by atoms with Crippen LogP contribution in [0.25, 0.3) is 0 Å². The van der Waals surface area contributed by atoms with Crippen LogP contribution in [0.4, 0.5) is 0 Å². The van der Waals surface area contributed by atoms with Crippen molar-refractivity contribution in [1.82, 2.24) is 0 Å². The highest BCUT2D eigenvalue weighted by Crippen LogP contribution is 2.30. The lowest BCUT2D eigenvalue weighted by molar-refractivity contribution is 0.407. The Morgan fingerprint density at radius 2 is 1.94 bits per heavy atom. The van der Waals surface area contributed by atoms with Crippen LogP contribution in [0.1, 0.15) is 28.5 Å². The van der Waals surface area contributed by atoms with Crippen molar-refractivity contribution in [3.8, 4) is 5.75 Å². The molecule has 0 amide bonds. The number of benzene rings is 1. The van der Waals surface area contributed by atoms with Crippen molar-refractivity contribution in [2.45, 2.75) is 19.9 Å². The molecule has 0 aliphatic heterocycles. The van der Waals surface area contributed by atoms with Crippen molar-refractivity contribution in [3.63, 3.8) is 0 Å². The van der Waals surface area contributed by atoms with Crippen LogP contribution in [-0.4, -0.2) is 7.11 Å².